The van der Waals surface area contributed by atoms with Gasteiger partial charge in [-0.15, -0.1) is 39.9 Å². The fraction of sp³-hybridized carbons (Fsp3) is 0.444. The number of aromatic nitrogens is 14. The number of nitrogens with zero attached hydrogens (tertiary/aromatic N) is 14. The van der Waals surface area contributed by atoms with Crippen molar-refractivity contribution in [2.24, 2.45) is 0 Å². The van der Waals surface area contributed by atoms with E-state index in [1.807, 2.05) is 27.7 Å². The molecule has 7 aromatic rings. The summed E-state index contributed by atoms with van der Waals surface area (Å²) in [6.07, 6.45) is 9.36. The molecule has 0 amide bonds. The van der Waals surface area contributed by atoms with Gasteiger partial charge in [-0.3, -0.25) is 4.79 Å². The van der Waals surface area contributed by atoms with E-state index >= 15 is 0 Å². The first kappa shape index (κ1) is 125. The summed E-state index contributed by atoms with van der Waals surface area (Å²) in [6, 6.07) is 19.0. The zero-order chi connectivity index (χ0) is 91.1. The van der Waals surface area contributed by atoms with Gasteiger partial charge >= 0.3 is 45.8 Å². The predicted octanol–water partition coefficient (Wildman–Crippen LogP) is 6.44. The molecular formula is C81H87F8N14O21Y7-7. The third-order valence-electron chi connectivity index (χ3n) is 17.7. The van der Waals surface area contributed by atoms with Crippen LogP contribution in [0.1, 0.15) is 144 Å². The maximum atomic E-state index is 13.5. The Labute approximate surface area is 921 Å². The molecular weight excluding hydrogens is 2280 g/mol. The van der Waals surface area contributed by atoms with Gasteiger partial charge in [0.1, 0.15) is 65.2 Å². The summed E-state index contributed by atoms with van der Waals surface area (Å²) in [6.45, 7) is 18.8. The average molecular weight is 2370 g/mol. The van der Waals surface area contributed by atoms with Crippen molar-refractivity contribution in [1.82, 2.24) is 66.9 Å². The smallest absolute Gasteiger partial charge is 0.344 e. The summed E-state index contributed by atoms with van der Waals surface area (Å²) in [5, 5.41) is 35.3. The Bertz CT molecular complexity index is 4750. The van der Waals surface area contributed by atoms with E-state index in [1.54, 1.807) is 48.5 Å². The number of rotatable bonds is 16. The maximum absolute atomic E-state index is 13.5. The summed E-state index contributed by atoms with van der Waals surface area (Å²) in [4.78, 5) is 116. The average Bonchev–Trinajstić information content (AvgIpc) is 1.72. The summed E-state index contributed by atoms with van der Waals surface area (Å²) in [5.41, 5.74) is -0.834. The minimum Gasteiger partial charge on any atom is -0.432 e. The molecule has 131 heavy (non-hydrogen) atoms. The van der Waals surface area contributed by atoms with Gasteiger partial charge in [0, 0.05) is 236 Å². The number of carbonyl (C=O) groups is 1. The van der Waals surface area contributed by atoms with Crippen LogP contribution in [0, 0.1) is 90.9 Å². The van der Waals surface area contributed by atoms with E-state index in [0.717, 1.165) is 56.3 Å². The molecule has 1 unspecified atom stereocenters. The van der Waals surface area contributed by atoms with Crippen molar-refractivity contribution < 1.29 is 332 Å². The van der Waals surface area contributed by atoms with Gasteiger partial charge in [-0.05, 0) is 74.3 Å². The minimum atomic E-state index is -1.14. The molecule has 50 heteroatoms. The van der Waals surface area contributed by atoms with Gasteiger partial charge in [0.15, 0.2) is 49.4 Å². The standard InChI is InChI=1S/3C11H12FN2O2.4C10H10FN2O3.C8H11FO3.7Y/c3*1-3-8-6-9(12)10(16-8)14-5-4-7(2)13-11(14)15;4*1-6-2-3-13(10(15)12-6)9-8(11)4-7(5-14)16-9;1-3-6-4-7(9)8(12-6)11-5(2)10;;;;;;;/h3*5-6,8,10H,3H2,1-2H3;4*3-4,7,9,14H,5H2,1H3;4,6,8H,3H2,1-2H3;;;;;;;/q7*-1;;;;;;;;/t8-,10+;2*8-,10-;2*7-,9+;2*7-,9-;6-,8?;;;;;;;/m00011110......./s1. The zero-order valence-corrected chi connectivity index (χ0v) is 92.5. The monoisotopic (exact) mass is 2370 g/mol. The second kappa shape index (κ2) is 60.9. The molecule has 7 radical (unpaired) electrons. The van der Waals surface area contributed by atoms with Crippen LogP contribution < -0.4 is 39.8 Å². The van der Waals surface area contributed by atoms with Gasteiger partial charge in [0.25, 0.3) is 6.29 Å². The largest absolute Gasteiger partial charge is 0.432 e. The number of aliphatic hydroxyl groups excluding tert-OH is 4. The Morgan fingerprint density at radius 2 is 0.435 bits per heavy atom. The second-order valence-electron chi connectivity index (χ2n) is 27.2. The fourth-order valence-corrected chi connectivity index (χ4v) is 11.4. The molecule has 8 aliphatic rings. The number of hydrogen-bond acceptors (Lipinski definition) is 28. The van der Waals surface area contributed by atoms with Crippen LogP contribution in [0.25, 0.3) is 0 Å². The second-order valence-corrected chi connectivity index (χ2v) is 27.2. The topological polar surface area (TPSA) is 425 Å². The third-order valence-corrected chi connectivity index (χ3v) is 17.7. The van der Waals surface area contributed by atoms with Crippen molar-refractivity contribution in [3.63, 3.8) is 0 Å². The number of ether oxygens (including phenoxy) is 9. The molecule has 0 saturated heterocycles. The molecule has 15 heterocycles. The molecule has 4 N–H and O–H groups in total. The van der Waals surface area contributed by atoms with Crippen molar-refractivity contribution in [3.05, 3.63) is 294 Å². The quantitative estimate of drug-likeness (QED) is 0.0459. The van der Waals surface area contributed by atoms with Crippen LogP contribution in [0.4, 0.5) is 35.1 Å². The molecule has 0 saturated carbocycles. The molecule has 8 aliphatic heterocycles. The summed E-state index contributed by atoms with van der Waals surface area (Å²) in [5.74, 6) is -4.85. The Hall–Kier alpha value is -3.76. The minimum absolute atomic E-state index is 0. The first-order valence-corrected chi connectivity index (χ1v) is 38.1. The van der Waals surface area contributed by atoms with E-state index in [4.69, 9.17) is 58.3 Å². The van der Waals surface area contributed by atoms with Crippen LogP contribution in [0.15, 0.2) is 172 Å². The van der Waals surface area contributed by atoms with Crippen LogP contribution in [0.3, 0.4) is 0 Å². The molecule has 7 aromatic heterocycles. The van der Waals surface area contributed by atoms with Crippen molar-refractivity contribution in [1.29, 1.82) is 0 Å². The molecule has 0 fully saturated rings. The number of carbonyl (C=O) groups excluding carboxylic acids is 1. The molecule has 0 spiro atoms. The Balaban J connectivity index is 0.000000744. The van der Waals surface area contributed by atoms with Gasteiger partial charge < -0.3 is 137 Å². The Morgan fingerprint density at radius 1 is 0.290 bits per heavy atom. The first-order valence-electron chi connectivity index (χ1n) is 38.1. The predicted molar refractivity (Wildman–Crippen MR) is 415 cm³/mol. The molecule has 35 nitrogen and oxygen atoms in total. The van der Waals surface area contributed by atoms with Crippen LogP contribution in [-0.2, 0) is 276 Å². The van der Waals surface area contributed by atoms with Crippen molar-refractivity contribution in [3.8, 4) is 0 Å². The van der Waals surface area contributed by atoms with E-state index in [0.29, 0.717) is 65.5 Å². The maximum Gasteiger partial charge on any atom is 0.344 e. The number of halogens is 8. The van der Waals surface area contributed by atoms with Crippen molar-refractivity contribution >= 4 is 5.97 Å². The molecule has 691 valence electrons. The SMILES string of the molecule is CC[C@H]1C=C(F)C(OC(C)=O)O1.CC[C@H]1C=C(F)[C@@H](n2c[c-]c(C)nc2=O)O1.CC[C@H]1C=C(F)[C@@H](n2c[c-]c(C)nc2=O)O1.CC[C@H]1C=C(F)[C@H](n2c[c-]c(C)nc2=O)O1.Cc1[c-]cn([C@@H]2O[C@@H](CO)C=C2F)c(=O)n1.Cc1[c-]cn([C@@H]2O[C@@H](CO)C=C2F)c(=O)n1.Cc1[c-]cn([C@H]2O[C@@H](CO)C=C2F)c(=O)n1.Cc1[c-]cn([C@H]2O[C@@H](CO)C=C2F)c(=O)n1.[Y].[Y].[Y].[Y].[Y].[Y].[Y]. The fourth-order valence-electron chi connectivity index (χ4n) is 11.4. The van der Waals surface area contributed by atoms with Crippen LogP contribution in [0.2, 0.25) is 0 Å². The van der Waals surface area contributed by atoms with E-state index < -0.39 is 167 Å². The van der Waals surface area contributed by atoms with Gasteiger partial charge in [-0.2, -0.15) is 43.4 Å². The number of aryl methyl sites for hydroxylation is 7. The number of hydrogen-bond donors (Lipinski definition) is 4. The summed E-state index contributed by atoms with van der Waals surface area (Å²) in [7, 11) is 0. The third kappa shape index (κ3) is 36.4. The molecule has 16 atom stereocenters. The molecule has 0 aromatic carbocycles. The normalized spacial score (nSPS) is 23.6. The van der Waals surface area contributed by atoms with Gasteiger partial charge in [-0.25, -0.2) is 104 Å². The first-order chi connectivity index (χ1) is 58.9. The van der Waals surface area contributed by atoms with Crippen LogP contribution >= 0.6 is 0 Å². The van der Waals surface area contributed by atoms with E-state index in [2.05, 4.69) is 82.1 Å². The Morgan fingerprint density at radius 3 is 0.557 bits per heavy atom. The summed E-state index contributed by atoms with van der Waals surface area (Å²) >= 11 is 0. The number of esters is 1. The van der Waals surface area contributed by atoms with Crippen molar-refractivity contribution in [2.45, 2.75) is 207 Å². The molecule has 0 bridgehead atoms. The zero-order valence-electron chi connectivity index (χ0n) is 72.6. The molecule has 15 rings (SSSR count). The molecule has 0 aliphatic carbocycles. The van der Waals surface area contributed by atoms with Gasteiger partial charge in [0.2, 0.25) is 0 Å². The summed E-state index contributed by atoms with van der Waals surface area (Å²) < 4.78 is 161. The van der Waals surface area contributed by atoms with E-state index in [9.17, 15) is 73.5 Å². The van der Waals surface area contributed by atoms with Crippen molar-refractivity contribution in [2.75, 3.05) is 26.4 Å². The Kier molecular flexibility index (Phi) is 58.3. The number of aliphatic hydroxyl groups is 4. The van der Waals surface area contributed by atoms with Crippen LogP contribution in [-0.4, -0.2) is 175 Å². The van der Waals surface area contributed by atoms with E-state index in [1.165, 1.54) is 74.6 Å². The van der Waals surface area contributed by atoms with Gasteiger partial charge in [-0.1, -0.05) is 76.2 Å². The van der Waals surface area contributed by atoms with E-state index in [-0.39, 0.29) is 280 Å². The van der Waals surface area contributed by atoms with Gasteiger partial charge in [0.05, 0.1) is 50.8 Å². The van der Waals surface area contributed by atoms with Crippen LogP contribution in [0.5, 0.6) is 0 Å².